The third-order valence-corrected chi connectivity index (χ3v) is 3.07. The molecule has 106 valence electrons. The molecule has 0 bridgehead atoms. The molecule has 0 spiro atoms. The molecular formula is C15H14N4O2. The van der Waals surface area contributed by atoms with Crippen molar-refractivity contribution >= 4 is 17.0 Å². The topological polar surface area (TPSA) is 69.9 Å². The maximum absolute atomic E-state index is 11.7. The van der Waals surface area contributed by atoms with Crippen LogP contribution in [0.4, 0.5) is 0 Å². The van der Waals surface area contributed by atoms with Gasteiger partial charge in [0.05, 0.1) is 24.9 Å². The Kier molecular flexibility index (Phi) is 3.59. The highest BCUT2D eigenvalue weighted by Gasteiger charge is 2.11. The zero-order valence-electron chi connectivity index (χ0n) is 11.6. The van der Waals surface area contributed by atoms with E-state index in [0.29, 0.717) is 18.7 Å². The van der Waals surface area contributed by atoms with Gasteiger partial charge in [0.25, 0.3) is 0 Å². The minimum absolute atomic E-state index is 0.345. The van der Waals surface area contributed by atoms with Gasteiger partial charge >= 0.3 is 5.97 Å². The van der Waals surface area contributed by atoms with Crippen LogP contribution in [0.3, 0.4) is 0 Å². The lowest BCUT2D eigenvalue weighted by Gasteiger charge is -2.04. The molecule has 0 amide bonds. The summed E-state index contributed by atoms with van der Waals surface area (Å²) in [5.41, 5.74) is 2.26. The Morgan fingerprint density at radius 2 is 2.10 bits per heavy atom. The van der Waals surface area contributed by atoms with Crippen molar-refractivity contribution in [2.75, 3.05) is 6.61 Å². The zero-order chi connectivity index (χ0) is 14.7. The van der Waals surface area contributed by atoms with Gasteiger partial charge in [0.15, 0.2) is 5.65 Å². The Morgan fingerprint density at radius 1 is 1.29 bits per heavy atom. The molecule has 0 aliphatic rings. The van der Waals surface area contributed by atoms with Gasteiger partial charge in [-0.3, -0.25) is 4.98 Å². The molecule has 0 radical (unpaired) electrons. The molecule has 0 N–H and O–H groups in total. The fourth-order valence-electron chi connectivity index (χ4n) is 2.07. The van der Waals surface area contributed by atoms with E-state index in [1.165, 1.54) is 6.20 Å². The van der Waals surface area contributed by atoms with Gasteiger partial charge in [0, 0.05) is 24.0 Å². The van der Waals surface area contributed by atoms with Crippen LogP contribution in [-0.4, -0.2) is 32.3 Å². The number of hydrogen-bond donors (Lipinski definition) is 0. The summed E-state index contributed by atoms with van der Waals surface area (Å²) in [6, 6.07) is 5.61. The van der Waals surface area contributed by atoms with Gasteiger partial charge in [0.2, 0.25) is 0 Å². The van der Waals surface area contributed by atoms with Gasteiger partial charge in [-0.15, -0.1) is 0 Å². The number of ether oxygens (including phenoxy) is 1. The normalized spacial score (nSPS) is 10.7. The van der Waals surface area contributed by atoms with E-state index in [0.717, 1.165) is 16.6 Å². The van der Waals surface area contributed by atoms with Gasteiger partial charge in [-0.1, -0.05) is 0 Å². The average Bonchev–Trinajstić information content (AvgIpc) is 2.91. The molecule has 6 nitrogen and oxygen atoms in total. The van der Waals surface area contributed by atoms with Crippen molar-refractivity contribution in [1.82, 2.24) is 19.7 Å². The maximum Gasteiger partial charge on any atom is 0.339 e. The smallest absolute Gasteiger partial charge is 0.339 e. The van der Waals surface area contributed by atoms with Crippen LogP contribution < -0.4 is 0 Å². The highest BCUT2D eigenvalue weighted by molar-refractivity contribution is 5.92. The van der Waals surface area contributed by atoms with E-state index in [2.05, 4.69) is 15.1 Å². The first-order valence-corrected chi connectivity index (χ1v) is 6.65. The molecule has 0 saturated heterocycles. The van der Waals surface area contributed by atoms with E-state index in [9.17, 15) is 4.79 Å². The number of rotatable bonds is 4. The molecule has 0 saturated carbocycles. The summed E-state index contributed by atoms with van der Waals surface area (Å²) in [5.74, 6) is -0.367. The van der Waals surface area contributed by atoms with Crippen molar-refractivity contribution in [3.8, 4) is 0 Å². The Balaban J connectivity index is 1.91. The highest BCUT2D eigenvalue weighted by Crippen LogP contribution is 2.15. The maximum atomic E-state index is 11.7. The van der Waals surface area contributed by atoms with E-state index in [1.807, 2.05) is 12.1 Å². The lowest BCUT2D eigenvalue weighted by molar-refractivity contribution is 0.0526. The molecule has 21 heavy (non-hydrogen) atoms. The number of aromatic nitrogens is 4. The first-order valence-electron chi connectivity index (χ1n) is 6.65. The molecule has 3 heterocycles. The standard InChI is InChI=1S/C15H14N4O2/c1-2-21-15(20)13-7-12-9-18-19(14(12)17-8-13)10-11-3-5-16-6-4-11/h3-9H,2,10H2,1H3. The Hall–Kier alpha value is -2.76. The second kappa shape index (κ2) is 5.70. The molecule has 0 atom stereocenters. The van der Waals surface area contributed by atoms with Gasteiger partial charge < -0.3 is 4.74 Å². The first-order chi connectivity index (χ1) is 10.3. The molecule has 3 aromatic heterocycles. The molecule has 0 aliphatic carbocycles. The molecule has 3 rings (SSSR count). The average molecular weight is 282 g/mol. The second-order valence-corrected chi connectivity index (χ2v) is 4.51. The predicted octanol–water partition coefficient (Wildman–Crippen LogP) is 2.05. The first kappa shape index (κ1) is 13.2. The van der Waals surface area contributed by atoms with Gasteiger partial charge in [0.1, 0.15) is 0 Å². The SMILES string of the molecule is CCOC(=O)c1cnc2c(cnn2Cc2ccncc2)c1. The predicted molar refractivity (Wildman–Crippen MR) is 76.8 cm³/mol. The molecular weight excluding hydrogens is 268 g/mol. The van der Waals surface area contributed by atoms with E-state index < -0.39 is 0 Å². The number of fused-ring (bicyclic) bond motifs is 1. The van der Waals surface area contributed by atoms with Crippen molar-refractivity contribution in [2.45, 2.75) is 13.5 Å². The summed E-state index contributed by atoms with van der Waals surface area (Å²) in [4.78, 5) is 20.0. The van der Waals surface area contributed by atoms with Crippen molar-refractivity contribution in [3.05, 3.63) is 54.1 Å². The molecule has 0 aromatic carbocycles. The fourth-order valence-corrected chi connectivity index (χ4v) is 2.07. The lowest BCUT2D eigenvalue weighted by Crippen LogP contribution is -2.06. The summed E-state index contributed by atoms with van der Waals surface area (Å²) in [6.07, 6.45) is 6.71. The Morgan fingerprint density at radius 3 is 2.86 bits per heavy atom. The van der Waals surface area contributed by atoms with Crippen LogP contribution >= 0.6 is 0 Å². The van der Waals surface area contributed by atoms with Crippen LogP contribution in [0.25, 0.3) is 11.0 Å². The number of esters is 1. The van der Waals surface area contributed by atoms with E-state index in [1.54, 1.807) is 36.3 Å². The monoisotopic (exact) mass is 282 g/mol. The van der Waals surface area contributed by atoms with Crippen LogP contribution in [0.1, 0.15) is 22.8 Å². The molecule has 0 fully saturated rings. The molecule has 0 unspecified atom stereocenters. The van der Waals surface area contributed by atoms with E-state index in [4.69, 9.17) is 4.74 Å². The van der Waals surface area contributed by atoms with Gasteiger partial charge in [-0.05, 0) is 30.7 Å². The van der Waals surface area contributed by atoms with Crippen molar-refractivity contribution in [2.24, 2.45) is 0 Å². The number of carbonyl (C=O) groups excluding carboxylic acids is 1. The summed E-state index contributed by atoms with van der Waals surface area (Å²) in [6.45, 7) is 2.73. The van der Waals surface area contributed by atoms with E-state index in [-0.39, 0.29) is 5.97 Å². The number of pyridine rings is 2. The Labute approximate surface area is 121 Å². The van der Waals surface area contributed by atoms with Crippen LogP contribution in [0.2, 0.25) is 0 Å². The summed E-state index contributed by atoms with van der Waals surface area (Å²) < 4.78 is 6.76. The van der Waals surface area contributed by atoms with Crippen LogP contribution in [0, 0.1) is 0 Å². The summed E-state index contributed by atoms with van der Waals surface area (Å²) in [5, 5.41) is 5.13. The second-order valence-electron chi connectivity index (χ2n) is 4.51. The highest BCUT2D eigenvalue weighted by atomic mass is 16.5. The van der Waals surface area contributed by atoms with Crippen molar-refractivity contribution in [3.63, 3.8) is 0 Å². The van der Waals surface area contributed by atoms with Gasteiger partial charge in [-0.25, -0.2) is 14.5 Å². The number of hydrogen-bond acceptors (Lipinski definition) is 5. The van der Waals surface area contributed by atoms with Gasteiger partial charge in [-0.2, -0.15) is 5.10 Å². The zero-order valence-corrected chi connectivity index (χ0v) is 11.6. The minimum Gasteiger partial charge on any atom is -0.462 e. The van der Waals surface area contributed by atoms with Crippen LogP contribution in [-0.2, 0) is 11.3 Å². The van der Waals surface area contributed by atoms with Crippen molar-refractivity contribution < 1.29 is 9.53 Å². The Bertz CT molecular complexity index is 768. The number of nitrogens with zero attached hydrogens (tertiary/aromatic N) is 4. The van der Waals surface area contributed by atoms with Crippen molar-refractivity contribution in [1.29, 1.82) is 0 Å². The lowest BCUT2D eigenvalue weighted by atomic mass is 10.2. The van der Waals surface area contributed by atoms with E-state index >= 15 is 0 Å². The molecule has 0 aliphatic heterocycles. The molecule has 6 heteroatoms. The third kappa shape index (κ3) is 2.74. The quantitative estimate of drug-likeness (QED) is 0.685. The number of carbonyl (C=O) groups is 1. The van der Waals surface area contributed by atoms with Crippen LogP contribution in [0.15, 0.2) is 43.0 Å². The fraction of sp³-hybridized carbons (Fsp3) is 0.200. The third-order valence-electron chi connectivity index (χ3n) is 3.07. The minimum atomic E-state index is -0.367. The summed E-state index contributed by atoms with van der Waals surface area (Å²) in [7, 11) is 0. The summed E-state index contributed by atoms with van der Waals surface area (Å²) >= 11 is 0. The largest absolute Gasteiger partial charge is 0.462 e. The van der Waals surface area contributed by atoms with Crippen LogP contribution in [0.5, 0.6) is 0 Å². The molecule has 3 aromatic rings.